The number of nitrogens with one attached hydrogen (secondary N) is 1. The van der Waals surface area contributed by atoms with Crippen molar-refractivity contribution in [2.45, 2.75) is 25.3 Å². The molecule has 1 aromatic carbocycles. The van der Waals surface area contributed by atoms with Gasteiger partial charge in [-0.05, 0) is 31.5 Å². The summed E-state index contributed by atoms with van der Waals surface area (Å²) in [4.78, 5) is 4.89. The Morgan fingerprint density at radius 3 is 2.91 bits per heavy atom. The van der Waals surface area contributed by atoms with Crippen LogP contribution < -0.4 is 4.72 Å². The molecule has 118 valence electrons. The van der Waals surface area contributed by atoms with Gasteiger partial charge in [-0.15, -0.1) is 0 Å². The first kappa shape index (κ1) is 15.5. The number of fused-ring (bicyclic) bond motifs is 1. The molecule has 3 aromatic rings. The standard InChI is InChI=1S/C14H13N5O2S2/c1-3-12-13(19-14(16-12)22-9(2)17-19)23(20,21)18-11-6-4-5-10(7-11)8-15/h4-7,18H,3H2,1-2H3. The summed E-state index contributed by atoms with van der Waals surface area (Å²) in [6.45, 7) is 3.64. The van der Waals surface area contributed by atoms with Crippen LogP contribution in [0.25, 0.3) is 4.96 Å². The minimum atomic E-state index is -3.87. The quantitative estimate of drug-likeness (QED) is 0.781. The molecule has 3 rings (SSSR count). The van der Waals surface area contributed by atoms with E-state index in [0.717, 1.165) is 5.01 Å². The predicted molar refractivity (Wildman–Crippen MR) is 86.9 cm³/mol. The second-order valence-electron chi connectivity index (χ2n) is 4.83. The summed E-state index contributed by atoms with van der Waals surface area (Å²) in [5.74, 6) is 0. The van der Waals surface area contributed by atoms with Crippen molar-refractivity contribution in [3.8, 4) is 6.07 Å². The Kier molecular flexibility index (Phi) is 3.79. The number of rotatable bonds is 4. The molecule has 23 heavy (non-hydrogen) atoms. The molecule has 0 atom stereocenters. The van der Waals surface area contributed by atoms with Crippen molar-refractivity contribution in [2.75, 3.05) is 4.72 Å². The van der Waals surface area contributed by atoms with Crippen molar-refractivity contribution in [3.05, 3.63) is 40.5 Å². The Bertz CT molecular complexity index is 1030. The Labute approximate surface area is 137 Å². The number of aryl methyl sites for hydroxylation is 2. The number of nitriles is 1. The van der Waals surface area contributed by atoms with Gasteiger partial charge in [0.05, 0.1) is 23.0 Å². The fourth-order valence-electron chi connectivity index (χ4n) is 2.22. The number of hydrogen-bond acceptors (Lipinski definition) is 6. The Balaban J connectivity index is 2.10. The number of sulfonamides is 1. The number of hydrogen-bond donors (Lipinski definition) is 1. The third kappa shape index (κ3) is 2.78. The highest BCUT2D eigenvalue weighted by Crippen LogP contribution is 2.25. The van der Waals surface area contributed by atoms with Crippen molar-refractivity contribution in [1.82, 2.24) is 14.6 Å². The lowest BCUT2D eigenvalue weighted by Crippen LogP contribution is -2.17. The van der Waals surface area contributed by atoms with Gasteiger partial charge in [-0.25, -0.2) is 4.98 Å². The smallest absolute Gasteiger partial charge is 0.278 e. The first-order chi connectivity index (χ1) is 10.9. The van der Waals surface area contributed by atoms with Crippen molar-refractivity contribution in [1.29, 1.82) is 5.26 Å². The predicted octanol–water partition coefficient (Wildman–Crippen LogP) is 2.33. The maximum absolute atomic E-state index is 12.8. The van der Waals surface area contributed by atoms with Gasteiger partial charge in [-0.1, -0.05) is 24.3 Å². The highest BCUT2D eigenvalue weighted by atomic mass is 32.2. The van der Waals surface area contributed by atoms with E-state index in [9.17, 15) is 8.42 Å². The van der Waals surface area contributed by atoms with Crippen LogP contribution in [0.4, 0.5) is 5.69 Å². The van der Waals surface area contributed by atoms with Crippen LogP contribution in [0.15, 0.2) is 29.3 Å². The van der Waals surface area contributed by atoms with E-state index in [1.54, 1.807) is 25.1 Å². The lowest BCUT2D eigenvalue weighted by atomic mass is 10.2. The van der Waals surface area contributed by atoms with Crippen molar-refractivity contribution in [3.63, 3.8) is 0 Å². The monoisotopic (exact) mass is 347 g/mol. The molecular formula is C14H13N5O2S2. The van der Waals surface area contributed by atoms with E-state index in [2.05, 4.69) is 14.8 Å². The molecule has 1 N–H and O–H groups in total. The first-order valence-corrected chi connectivity index (χ1v) is 9.12. The minimum Gasteiger partial charge on any atom is -0.278 e. The molecular weight excluding hydrogens is 334 g/mol. The van der Waals surface area contributed by atoms with Crippen LogP contribution in [0.2, 0.25) is 0 Å². The van der Waals surface area contributed by atoms with Crippen LogP contribution in [0.1, 0.15) is 23.2 Å². The van der Waals surface area contributed by atoms with Crippen LogP contribution in [0.5, 0.6) is 0 Å². The summed E-state index contributed by atoms with van der Waals surface area (Å²) in [6.07, 6.45) is 0.476. The zero-order valence-corrected chi connectivity index (χ0v) is 14.1. The number of benzene rings is 1. The summed E-state index contributed by atoms with van der Waals surface area (Å²) in [5.41, 5.74) is 1.17. The molecule has 0 unspecified atom stereocenters. The molecule has 9 heteroatoms. The van der Waals surface area contributed by atoms with Crippen LogP contribution in [0, 0.1) is 18.3 Å². The number of anilines is 1. The second kappa shape index (κ2) is 5.64. The molecule has 0 bridgehead atoms. The van der Waals surface area contributed by atoms with Crippen molar-refractivity contribution >= 4 is 32.0 Å². The topological polar surface area (TPSA) is 100 Å². The molecule has 0 saturated heterocycles. The Morgan fingerprint density at radius 2 is 2.22 bits per heavy atom. The van der Waals surface area contributed by atoms with Crippen LogP contribution >= 0.6 is 11.3 Å². The maximum atomic E-state index is 12.8. The second-order valence-corrected chi connectivity index (χ2v) is 7.59. The summed E-state index contributed by atoms with van der Waals surface area (Å²) in [6, 6.07) is 8.28. The zero-order chi connectivity index (χ0) is 16.6. The van der Waals surface area contributed by atoms with Crippen molar-refractivity contribution in [2.24, 2.45) is 0 Å². The van der Waals surface area contributed by atoms with Gasteiger partial charge in [0, 0.05) is 0 Å². The SMILES string of the molecule is CCc1nc2sc(C)nn2c1S(=O)(=O)Nc1cccc(C#N)c1. The van der Waals surface area contributed by atoms with E-state index >= 15 is 0 Å². The van der Waals surface area contributed by atoms with Crippen LogP contribution in [-0.4, -0.2) is 23.0 Å². The van der Waals surface area contributed by atoms with Gasteiger partial charge in [0.15, 0.2) is 0 Å². The highest BCUT2D eigenvalue weighted by molar-refractivity contribution is 7.92. The first-order valence-electron chi connectivity index (χ1n) is 6.82. The van der Waals surface area contributed by atoms with Gasteiger partial charge in [0.2, 0.25) is 9.99 Å². The summed E-state index contributed by atoms with van der Waals surface area (Å²) in [7, 11) is -3.87. The van der Waals surface area contributed by atoms with Crippen LogP contribution in [0.3, 0.4) is 0 Å². The molecule has 0 radical (unpaired) electrons. The fourth-order valence-corrected chi connectivity index (χ4v) is 4.43. The normalized spacial score (nSPS) is 11.5. The minimum absolute atomic E-state index is 0.0433. The molecule has 0 aliphatic rings. The van der Waals surface area contributed by atoms with E-state index in [0.29, 0.717) is 28.3 Å². The van der Waals surface area contributed by atoms with Gasteiger partial charge >= 0.3 is 0 Å². The molecule has 2 heterocycles. The molecule has 7 nitrogen and oxygen atoms in total. The average molecular weight is 347 g/mol. The number of nitrogens with zero attached hydrogens (tertiary/aromatic N) is 4. The molecule has 0 aliphatic heterocycles. The van der Waals surface area contributed by atoms with Gasteiger partial charge < -0.3 is 0 Å². The Hall–Kier alpha value is -2.44. The largest absolute Gasteiger partial charge is 0.281 e. The lowest BCUT2D eigenvalue weighted by molar-refractivity contribution is 0.591. The summed E-state index contributed by atoms with van der Waals surface area (Å²) in [5, 5.41) is 13.9. The number of imidazole rings is 1. The van der Waals surface area contributed by atoms with Gasteiger partial charge in [-0.2, -0.15) is 23.3 Å². The Morgan fingerprint density at radius 1 is 1.43 bits per heavy atom. The van der Waals surface area contributed by atoms with Crippen LogP contribution in [-0.2, 0) is 16.4 Å². The van der Waals surface area contributed by atoms with E-state index in [1.165, 1.54) is 21.9 Å². The molecule has 0 saturated carbocycles. The van der Waals surface area contributed by atoms with E-state index < -0.39 is 10.0 Å². The molecule has 0 fully saturated rings. The molecule has 0 amide bonds. The number of aromatic nitrogens is 3. The van der Waals surface area contributed by atoms with Crippen molar-refractivity contribution < 1.29 is 8.42 Å². The lowest BCUT2D eigenvalue weighted by Gasteiger charge is -2.08. The highest BCUT2D eigenvalue weighted by Gasteiger charge is 2.26. The van der Waals surface area contributed by atoms with E-state index in [4.69, 9.17) is 5.26 Å². The van der Waals surface area contributed by atoms with Gasteiger partial charge in [0.1, 0.15) is 5.01 Å². The van der Waals surface area contributed by atoms with Gasteiger partial charge in [-0.3, -0.25) is 4.72 Å². The molecule has 0 aliphatic carbocycles. The zero-order valence-electron chi connectivity index (χ0n) is 12.4. The summed E-state index contributed by atoms with van der Waals surface area (Å²) >= 11 is 1.34. The maximum Gasteiger partial charge on any atom is 0.281 e. The molecule has 0 spiro atoms. The van der Waals surface area contributed by atoms with E-state index in [-0.39, 0.29) is 5.03 Å². The molecule has 2 aromatic heterocycles. The third-order valence-electron chi connectivity index (χ3n) is 3.16. The summed E-state index contributed by atoms with van der Waals surface area (Å²) < 4.78 is 29.4. The fraction of sp³-hybridized carbons (Fsp3) is 0.214. The third-order valence-corrected chi connectivity index (χ3v) is 5.41. The van der Waals surface area contributed by atoms with Gasteiger partial charge in [0.25, 0.3) is 10.0 Å². The van der Waals surface area contributed by atoms with E-state index in [1.807, 2.05) is 13.0 Å². The average Bonchev–Trinajstić information content (AvgIpc) is 3.02.